The Hall–Kier alpha value is -2.76. The number of nitrogens with two attached hydrogens (primary N) is 1. The Kier molecular flexibility index (Phi) is 3.35. The first kappa shape index (κ1) is 13.2. The van der Waals surface area contributed by atoms with E-state index in [1.807, 2.05) is 25.1 Å². The third-order valence-electron chi connectivity index (χ3n) is 3.18. The van der Waals surface area contributed by atoms with Crippen LogP contribution < -0.4 is 11.1 Å². The molecule has 0 spiro atoms. The van der Waals surface area contributed by atoms with Crippen molar-refractivity contribution in [2.24, 2.45) is 0 Å². The van der Waals surface area contributed by atoms with Crippen LogP contribution in [0, 0.1) is 5.82 Å². The van der Waals surface area contributed by atoms with Gasteiger partial charge in [-0.15, -0.1) is 0 Å². The summed E-state index contributed by atoms with van der Waals surface area (Å²) in [6.45, 7) is 1.95. The van der Waals surface area contributed by atoms with Crippen molar-refractivity contribution in [2.45, 2.75) is 13.0 Å². The summed E-state index contributed by atoms with van der Waals surface area (Å²) in [6.07, 6.45) is 1.72. The molecule has 3 N–H and O–H groups in total. The van der Waals surface area contributed by atoms with E-state index >= 15 is 0 Å². The zero-order chi connectivity index (χ0) is 14.8. The fourth-order valence-electron chi connectivity index (χ4n) is 2.16. The van der Waals surface area contributed by atoms with E-state index in [-0.39, 0.29) is 17.5 Å². The molecule has 0 aliphatic rings. The molecule has 0 amide bonds. The van der Waals surface area contributed by atoms with Crippen LogP contribution in [0.3, 0.4) is 0 Å². The van der Waals surface area contributed by atoms with Gasteiger partial charge < -0.3 is 11.1 Å². The molecule has 0 aliphatic carbocycles. The van der Waals surface area contributed by atoms with E-state index in [4.69, 9.17) is 5.73 Å². The number of pyridine rings is 1. The van der Waals surface area contributed by atoms with Gasteiger partial charge in [-0.25, -0.2) is 9.37 Å². The molecule has 0 bridgehead atoms. The Labute approximate surface area is 121 Å². The first-order valence-electron chi connectivity index (χ1n) is 6.54. The molecule has 0 saturated carbocycles. The molecule has 3 rings (SSSR count). The lowest BCUT2D eigenvalue weighted by Crippen LogP contribution is -2.11. The van der Waals surface area contributed by atoms with Gasteiger partial charge in [0.25, 0.3) is 0 Å². The second-order valence-electron chi connectivity index (χ2n) is 4.69. The molecule has 1 atom stereocenters. The van der Waals surface area contributed by atoms with Crippen molar-refractivity contribution >= 4 is 22.7 Å². The van der Waals surface area contributed by atoms with Crippen molar-refractivity contribution < 1.29 is 4.39 Å². The average Bonchev–Trinajstić information content (AvgIpc) is 2.49. The summed E-state index contributed by atoms with van der Waals surface area (Å²) in [5.41, 5.74) is 6.73. The Morgan fingerprint density at radius 3 is 2.76 bits per heavy atom. The number of halogens is 1. The number of anilines is 2. The van der Waals surface area contributed by atoms with E-state index in [0.717, 1.165) is 5.69 Å². The van der Waals surface area contributed by atoms with Gasteiger partial charge in [0, 0.05) is 11.6 Å². The highest BCUT2D eigenvalue weighted by Crippen LogP contribution is 2.26. The third-order valence-corrected chi connectivity index (χ3v) is 3.18. The summed E-state index contributed by atoms with van der Waals surface area (Å²) in [6, 6.07) is 10.3. The second kappa shape index (κ2) is 5.32. The molecule has 2 heterocycles. The molecule has 1 aromatic carbocycles. The number of para-hydroxylation sites is 1. The summed E-state index contributed by atoms with van der Waals surface area (Å²) in [7, 11) is 0. The lowest BCUT2D eigenvalue weighted by Gasteiger charge is -2.15. The van der Waals surface area contributed by atoms with Crippen LogP contribution in [0.15, 0.2) is 42.6 Å². The van der Waals surface area contributed by atoms with Gasteiger partial charge in [-0.3, -0.25) is 4.98 Å². The van der Waals surface area contributed by atoms with E-state index in [1.54, 1.807) is 18.3 Å². The normalized spacial score (nSPS) is 12.3. The number of nitrogen functional groups attached to an aromatic ring is 1. The predicted molar refractivity (Wildman–Crippen MR) is 80.2 cm³/mol. The van der Waals surface area contributed by atoms with Crippen LogP contribution in [0.5, 0.6) is 0 Å². The van der Waals surface area contributed by atoms with E-state index in [2.05, 4.69) is 20.3 Å². The lowest BCUT2D eigenvalue weighted by atomic mass is 10.2. The van der Waals surface area contributed by atoms with Crippen molar-refractivity contribution in [2.75, 3.05) is 11.1 Å². The van der Waals surface area contributed by atoms with Crippen molar-refractivity contribution in [3.8, 4) is 0 Å². The van der Waals surface area contributed by atoms with Gasteiger partial charge >= 0.3 is 0 Å². The maximum atomic E-state index is 13.8. The number of rotatable bonds is 3. The number of hydrogen-bond donors (Lipinski definition) is 2. The number of benzene rings is 1. The van der Waals surface area contributed by atoms with Crippen molar-refractivity contribution in [3.05, 3.63) is 54.1 Å². The van der Waals surface area contributed by atoms with Crippen LogP contribution in [-0.2, 0) is 0 Å². The molecular formula is C15H14FN5. The van der Waals surface area contributed by atoms with Gasteiger partial charge in [0.15, 0.2) is 0 Å². The summed E-state index contributed by atoms with van der Waals surface area (Å²) in [5, 5.41) is 3.80. The molecule has 5 nitrogen and oxygen atoms in total. The Morgan fingerprint density at radius 1 is 1.14 bits per heavy atom. The molecule has 1 unspecified atom stereocenters. The number of nitrogens with zero attached hydrogens (tertiary/aromatic N) is 3. The van der Waals surface area contributed by atoms with E-state index in [0.29, 0.717) is 11.2 Å². The molecular weight excluding hydrogens is 269 g/mol. The van der Waals surface area contributed by atoms with Crippen LogP contribution in [-0.4, -0.2) is 15.0 Å². The summed E-state index contributed by atoms with van der Waals surface area (Å²) >= 11 is 0. The van der Waals surface area contributed by atoms with E-state index in [1.165, 1.54) is 6.07 Å². The topological polar surface area (TPSA) is 76.7 Å². The molecule has 0 fully saturated rings. The third kappa shape index (κ3) is 2.60. The predicted octanol–water partition coefficient (Wildman–Crippen LogP) is 2.92. The smallest absolute Gasteiger partial charge is 0.222 e. The van der Waals surface area contributed by atoms with Gasteiger partial charge in [0.05, 0.1) is 11.7 Å². The Bertz CT molecular complexity index is 776. The molecule has 3 aromatic rings. The molecule has 21 heavy (non-hydrogen) atoms. The molecule has 0 aliphatic heterocycles. The van der Waals surface area contributed by atoms with E-state index in [9.17, 15) is 4.39 Å². The van der Waals surface area contributed by atoms with Gasteiger partial charge in [0.2, 0.25) is 5.95 Å². The molecule has 106 valence electrons. The van der Waals surface area contributed by atoms with E-state index < -0.39 is 5.82 Å². The molecule has 0 radical (unpaired) electrons. The molecule has 2 aromatic heterocycles. The zero-order valence-corrected chi connectivity index (χ0v) is 11.4. The Balaban J connectivity index is 2.03. The van der Waals surface area contributed by atoms with Crippen molar-refractivity contribution in [1.82, 2.24) is 15.0 Å². The lowest BCUT2D eigenvalue weighted by molar-refractivity contribution is 0.636. The summed E-state index contributed by atoms with van der Waals surface area (Å²) in [5.74, 6) is 0.105. The fourth-order valence-corrected chi connectivity index (χ4v) is 2.16. The van der Waals surface area contributed by atoms with Gasteiger partial charge in [-0.2, -0.15) is 4.98 Å². The van der Waals surface area contributed by atoms with Gasteiger partial charge in [0.1, 0.15) is 17.2 Å². The average molecular weight is 283 g/mol. The molecule has 0 saturated heterocycles. The number of hydrogen-bond acceptors (Lipinski definition) is 5. The first-order chi connectivity index (χ1) is 10.1. The highest BCUT2D eigenvalue weighted by molar-refractivity contribution is 5.90. The minimum Gasteiger partial charge on any atom is -0.368 e. The summed E-state index contributed by atoms with van der Waals surface area (Å²) < 4.78 is 13.8. The maximum absolute atomic E-state index is 13.8. The summed E-state index contributed by atoms with van der Waals surface area (Å²) in [4.78, 5) is 12.4. The van der Waals surface area contributed by atoms with Gasteiger partial charge in [-0.1, -0.05) is 12.1 Å². The van der Waals surface area contributed by atoms with Crippen molar-refractivity contribution in [1.29, 1.82) is 0 Å². The standard InChI is InChI=1S/C15H14FN5/c1-9(12-7-2-3-8-18-12)19-14-10-5-4-6-11(16)13(10)20-15(17)21-14/h2-9H,1H3,(H3,17,19,20,21). The maximum Gasteiger partial charge on any atom is 0.222 e. The SMILES string of the molecule is CC(Nc1nc(N)nc2c(F)cccc12)c1ccccn1. The largest absolute Gasteiger partial charge is 0.368 e. The van der Waals surface area contributed by atoms with Crippen LogP contribution >= 0.6 is 0 Å². The van der Waals surface area contributed by atoms with Crippen LogP contribution in [0.25, 0.3) is 10.9 Å². The number of aromatic nitrogens is 3. The number of nitrogens with one attached hydrogen (secondary N) is 1. The molecule has 6 heteroatoms. The first-order valence-corrected chi connectivity index (χ1v) is 6.54. The second-order valence-corrected chi connectivity index (χ2v) is 4.69. The minimum absolute atomic E-state index is 0.0309. The quantitative estimate of drug-likeness (QED) is 0.773. The fraction of sp³-hybridized carbons (Fsp3) is 0.133. The highest BCUT2D eigenvalue weighted by Gasteiger charge is 2.13. The highest BCUT2D eigenvalue weighted by atomic mass is 19.1. The number of fused-ring (bicyclic) bond motifs is 1. The van der Waals surface area contributed by atoms with Crippen LogP contribution in [0.4, 0.5) is 16.2 Å². The van der Waals surface area contributed by atoms with Crippen molar-refractivity contribution in [3.63, 3.8) is 0 Å². The van der Waals surface area contributed by atoms with Gasteiger partial charge in [-0.05, 0) is 31.2 Å². The Morgan fingerprint density at radius 2 is 2.00 bits per heavy atom. The zero-order valence-electron chi connectivity index (χ0n) is 11.4. The van der Waals surface area contributed by atoms with Crippen LogP contribution in [0.1, 0.15) is 18.7 Å². The van der Waals surface area contributed by atoms with Crippen LogP contribution in [0.2, 0.25) is 0 Å². The monoisotopic (exact) mass is 283 g/mol. The minimum atomic E-state index is -0.421.